The van der Waals surface area contributed by atoms with Gasteiger partial charge < -0.3 is 10.5 Å². The van der Waals surface area contributed by atoms with E-state index in [-0.39, 0.29) is 22.3 Å². The molecule has 15 heteroatoms. The first-order valence-electron chi connectivity index (χ1n) is 11.9. The van der Waals surface area contributed by atoms with Gasteiger partial charge in [-0.05, 0) is 23.6 Å². The summed E-state index contributed by atoms with van der Waals surface area (Å²) in [5, 5.41) is 1.57. The summed E-state index contributed by atoms with van der Waals surface area (Å²) in [7, 11) is -3.26. The number of halogens is 2. The minimum absolute atomic E-state index is 0.00524. The average molecular weight is 638 g/mol. The van der Waals surface area contributed by atoms with Crippen LogP contribution in [-0.2, 0) is 34.4 Å². The van der Waals surface area contributed by atoms with Crippen LogP contribution < -0.4 is 10.5 Å². The fourth-order valence-electron chi connectivity index (χ4n) is 3.04. The van der Waals surface area contributed by atoms with Crippen LogP contribution in [-0.4, -0.2) is 47.5 Å². The first-order valence-corrected chi connectivity index (χ1v) is 15.0. The molecule has 0 amide bonds. The van der Waals surface area contributed by atoms with Gasteiger partial charge in [0.25, 0.3) is 0 Å². The lowest BCUT2D eigenvalue weighted by atomic mass is 10.1. The molecule has 11 nitrogen and oxygen atoms in total. The van der Waals surface area contributed by atoms with Crippen LogP contribution in [0, 0.1) is 0 Å². The molecule has 0 atom stereocenters. The average Bonchev–Trinajstić information content (AvgIpc) is 2.98. The van der Waals surface area contributed by atoms with E-state index in [1.807, 2.05) is 36.4 Å². The lowest BCUT2D eigenvalue weighted by Crippen LogP contribution is -2.05. The quantitative estimate of drug-likeness (QED) is 0.289. The Morgan fingerprint density at radius 3 is 2.10 bits per heavy atom. The van der Waals surface area contributed by atoms with E-state index in [1.165, 1.54) is 25.5 Å². The molecule has 0 aliphatic rings. The van der Waals surface area contributed by atoms with Gasteiger partial charge in [-0.3, -0.25) is 4.98 Å². The van der Waals surface area contributed by atoms with E-state index in [9.17, 15) is 8.42 Å². The molecule has 4 aromatic rings. The Hall–Kier alpha value is -3.78. The molecule has 0 fully saturated rings. The molecule has 0 aliphatic heterocycles. The molecule has 4 rings (SSSR count). The summed E-state index contributed by atoms with van der Waals surface area (Å²) >= 11 is 10.6. The highest BCUT2D eigenvalue weighted by Crippen LogP contribution is 2.24. The van der Waals surface area contributed by atoms with Crippen molar-refractivity contribution in [1.29, 1.82) is 0 Å². The molecular weight excluding hydrogens is 611 g/mol. The number of sulfone groups is 1. The van der Waals surface area contributed by atoms with Crippen LogP contribution >= 0.6 is 23.2 Å². The fraction of sp³-hybridized carbons (Fsp3) is 0.192. The van der Waals surface area contributed by atoms with E-state index < -0.39 is 21.4 Å². The summed E-state index contributed by atoms with van der Waals surface area (Å²) in [6.45, 7) is 4.13. The van der Waals surface area contributed by atoms with Gasteiger partial charge in [-0.1, -0.05) is 67.4 Å². The molecule has 0 spiro atoms. The molecule has 216 valence electrons. The summed E-state index contributed by atoms with van der Waals surface area (Å²) < 4.78 is 44.8. The molecule has 1 aromatic carbocycles. The maximum absolute atomic E-state index is 11.2. The highest BCUT2D eigenvalue weighted by Gasteiger charge is 2.10. The van der Waals surface area contributed by atoms with Gasteiger partial charge >= 0.3 is 11.6 Å². The largest absolute Gasteiger partial charge is 0.487 e. The second-order valence-corrected chi connectivity index (χ2v) is 10.9. The minimum Gasteiger partial charge on any atom is -0.487 e. The Bertz CT molecular complexity index is 1570. The maximum Gasteiger partial charge on any atom is 0.335 e. The van der Waals surface area contributed by atoms with Crippen molar-refractivity contribution >= 4 is 50.3 Å². The molecule has 2 N–H and O–H groups in total. The molecule has 0 saturated heterocycles. The zero-order chi connectivity index (χ0) is 30.3. The molecule has 0 radical (unpaired) electrons. The van der Waals surface area contributed by atoms with Gasteiger partial charge in [-0.25, -0.2) is 28.4 Å². The fourth-order valence-corrected chi connectivity index (χ4v) is 3.91. The van der Waals surface area contributed by atoms with Crippen LogP contribution in [0.15, 0.2) is 72.8 Å². The molecule has 0 aliphatic carbocycles. The van der Waals surface area contributed by atoms with Crippen molar-refractivity contribution in [1.82, 2.24) is 24.9 Å². The molecule has 3 aromatic heterocycles. The molecule has 41 heavy (non-hydrogen) atoms. The minimum atomic E-state index is -3.26. The molecule has 3 heterocycles. The molecule has 0 bridgehead atoms. The number of ether oxygens (including phenoxy) is 1. The first kappa shape index (κ1) is 33.4. The van der Waals surface area contributed by atoms with Crippen LogP contribution in [0.2, 0.25) is 10.3 Å². The van der Waals surface area contributed by atoms with E-state index in [4.69, 9.17) is 42.1 Å². The summed E-state index contributed by atoms with van der Waals surface area (Å²) in [4.78, 5) is 20.4. The maximum atomic E-state index is 11.2. The third kappa shape index (κ3) is 11.7. The third-order valence-electron chi connectivity index (χ3n) is 5.06. The van der Waals surface area contributed by atoms with Crippen molar-refractivity contribution in [2.75, 3.05) is 5.75 Å². The van der Waals surface area contributed by atoms with Crippen LogP contribution in [0.25, 0.3) is 17.1 Å². The SMILES string of the molecule is CCS(=O)(=O)C=C(N)c1cnc(Cl)cn1.CCc1cc(OCc2ccccc2)cnc1-c1cnc(Cl)cn1.O=S=O. The highest BCUT2D eigenvalue weighted by atomic mass is 35.5. The van der Waals surface area contributed by atoms with E-state index in [1.54, 1.807) is 12.4 Å². The van der Waals surface area contributed by atoms with Crippen LogP contribution in [0.4, 0.5) is 0 Å². The van der Waals surface area contributed by atoms with Gasteiger partial charge in [0.2, 0.25) is 0 Å². The number of hydrogen-bond donors (Lipinski definition) is 1. The zero-order valence-corrected chi connectivity index (χ0v) is 25.1. The van der Waals surface area contributed by atoms with Crippen LogP contribution in [0.3, 0.4) is 0 Å². The summed E-state index contributed by atoms with van der Waals surface area (Å²) in [6, 6.07) is 12.1. The molecule has 0 unspecified atom stereocenters. The summed E-state index contributed by atoms with van der Waals surface area (Å²) in [5.74, 6) is 0.741. The summed E-state index contributed by atoms with van der Waals surface area (Å²) in [6.07, 6.45) is 8.32. The molecular formula is C26H26Cl2N6O5S2. The number of pyridine rings is 1. The number of aryl methyl sites for hydroxylation is 1. The Labute approximate surface area is 251 Å². The van der Waals surface area contributed by atoms with E-state index in [2.05, 4.69) is 31.8 Å². The van der Waals surface area contributed by atoms with E-state index in [0.29, 0.717) is 17.5 Å². The van der Waals surface area contributed by atoms with E-state index >= 15 is 0 Å². The Kier molecular flexibility index (Phi) is 14.0. The lowest BCUT2D eigenvalue weighted by molar-refractivity contribution is 0.304. The van der Waals surface area contributed by atoms with Gasteiger partial charge in [0.05, 0.1) is 53.5 Å². The Morgan fingerprint density at radius 2 is 1.56 bits per heavy atom. The van der Waals surface area contributed by atoms with Crippen molar-refractivity contribution in [2.45, 2.75) is 26.9 Å². The van der Waals surface area contributed by atoms with Crippen molar-refractivity contribution in [3.8, 4) is 17.1 Å². The van der Waals surface area contributed by atoms with Crippen molar-refractivity contribution in [3.05, 3.63) is 99.9 Å². The predicted octanol–water partition coefficient (Wildman–Crippen LogP) is 4.49. The number of rotatable bonds is 8. The van der Waals surface area contributed by atoms with Crippen LogP contribution in [0.1, 0.15) is 30.7 Å². The smallest absolute Gasteiger partial charge is 0.335 e. The number of benzene rings is 1. The van der Waals surface area contributed by atoms with Crippen molar-refractivity contribution in [3.63, 3.8) is 0 Å². The number of nitrogens with zero attached hydrogens (tertiary/aromatic N) is 5. The number of hydrogen-bond acceptors (Lipinski definition) is 11. The van der Waals surface area contributed by atoms with Gasteiger partial charge in [0.15, 0.2) is 9.84 Å². The van der Waals surface area contributed by atoms with Gasteiger partial charge in [-0.15, -0.1) is 0 Å². The van der Waals surface area contributed by atoms with Gasteiger partial charge in [0.1, 0.15) is 34.1 Å². The monoisotopic (exact) mass is 636 g/mol. The van der Waals surface area contributed by atoms with Crippen molar-refractivity contribution < 1.29 is 21.6 Å². The first-order chi connectivity index (χ1) is 19.6. The van der Waals surface area contributed by atoms with Crippen molar-refractivity contribution in [2.24, 2.45) is 5.73 Å². The highest BCUT2D eigenvalue weighted by molar-refractivity contribution is 7.94. The third-order valence-corrected chi connectivity index (χ3v) is 6.87. The van der Waals surface area contributed by atoms with Gasteiger partial charge in [-0.2, -0.15) is 8.42 Å². The zero-order valence-electron chi connectivity index (χ0n) is 22.0. The number of nitrogens with two attached hydrogens (primary N) is 1. The Balaban J connectivity index is 0.000000283. The summed E-state index contributed by atoms with van der Waals surface area (Å²) in [5.41, 5.74) is 9.59. The van der Waals surface area contributed by atoms with Gasteiger partial charge in [0, 0.05) is 0 Å². The number of aromatic nitrogens is 5. The van der Waals surface area contributed by atoms with E-state index in [0.717, 1.165) is 34.4 Å². The Morgan fingerprint density at radius 1 is 0.927 bits per heavy atom. The molecule has 0 saturated carbocycles. The lowest BCUT2D eigenvalue weighted by Gasteiger charge is -2.10. The normalized spacial score (nSPS) is 10.9. The predicted molar refractivity (Wildman–Crippen MR) is 158 cm³/mol. The second-order valence-electron chi connectivity index (χ2n) is 7.85. The standard InChI is InChI=1S/C18H16ClN3O.C8H10ClN3O2S.O2S/c1-2-14-8-15(23-12-13-6-4-3-5-7-13)9-22-18(14)16-10-21-17(19)11-20-16;1-2-15(13,14)5-6(10)7-3-12-8(9)4-11-7;1-3-2/h3-11H,2,12H2,1H3;3-5H,2,10H2,1H3;. The van der Waals surface area contributed by atoms with Crippen LogP contribution in [0.5, 0.6) is 5.75 Å². The topological polar surface area (TPSA) is 168 Å². The second kappa shape index (κ2) is 17.1.